The highest BCUT2D eigenvalue weighted by atomic mass is 16.7. The molecule has 0 saturated heterocycles. The molecule has 1 aromatic carbocycles. The summed E-state index contributed by atoms with van der Waals surface area (Å²) in [7, 11) is 1.73. The van der Waals surface area contributed by atoms with Crippen molar-refractivity contribution in [1.29, 1.82) is 0 Å². The molecule has 0 fully saturated rings. The molecule has 0 amide bonds. The van der Waals surface area contributed by atoms with E-state index in [0.29, 0.717) is 23.6 Å². The van der Waals surface area contributed by atoms with E-state index >= 15 is 0 Å². The molecule has 16 heavy (non-hydrogen) atoms. The van der Waals surface area contributed by atoms with Crippen molar-refractivity contribution in [3.8, 4) is 11.5 Å². The molecule has 0 radical (unpaired) electrons. The zero-order chi connectivity index (χ0) is 11.5. The first kappa shape index (κ1) is 10.8. The van der Waals surface area contributed by atoms with Gasteiger partial charge in [-0.3, -0.25) is 4.79 Å². The molecule has 0 bridgehead atoms. The van der Waals surface area contributed by atoms with E-state index < -0.39 is 11.9 Å². The quantitative estimate of drug-likeness (QED) is 0.790. The van der Waals surface area contributed by atoms with Gasteiger partial charge in [-0.15, -0.1) is 0 Å². The summed E-state index contributed by atoms with van der Waals surface area (Å²) < 4.78 is 10.4. The molecule has 1 heterocycles. The fourth-order valence-electron chi connectivity index (χ4n) is 1.68. The van der Waals surface area contributed by atoms with Gasteiger partial charge in [0.25, 0.3) is 0 Å². The lowest BCUT2D eigenvalue weighted by Gasteiger charge is -2.12. The maximum absolute atomic E-state index is 11.1. The van der Waals surface area contributed by atoms with E-state index in [4.69, 9.17) is 14.6 Å². The summed E-state index contributed by atoms with van der Waals surface area (Å²) in [6.45, 7) is 0.581. The number of nitrogens with one attached hydrogen (secondary N) is 1. The SMILES string of the molecule is CNCC(C(=O)O)c1ccc2c(c1)OCO2. The Balaban J connectivity index is 2.28. The van der Waals surface area contributed by atoms with Crippen molar-refractivity contribution in [3.05, 3.63) is 23.8 Å². The molecule has 5 nitrogen and oxygen atoms in total. The van der Waals surface area contributed by atoms with Crippen LogP contribution in [0.1, 0.15) is 11.5 Å². The molecular formula is C11H13NO4. The zero-order valence-corrected chi connectivity index (χ0v) is 8.90. The van der Waals surface area contributed by atoms with Gasteiger partial charge in [-0.25, -0.2) is 0 Å². The van der Waals surface area contributed by atoms with E-state index in [9.17, 15) is 4.79 Å². The molecule has 0 spiro atoms. The Bertz CT molecular complexity index is 405. The number of carboxylic acids is 1. The van der Waals surface area contributed by atoms with Crippen LogP contribution in [0.3, 0.4) is 0 Å². The average Bonchev–Trinajstić information content (AvgIpc) is 2.72. The van der Waals surface area contributed by atoms with Gasteiger partial charge in [0.2, 0.25) is 6.79 Å². The van der Waals surface area contributed by atoms with Gasteiger partial charge in [0, 0.05) is 6.54 Å². The summed E-state index contributed by atoms with van der Waals surface area (Å²) in [5.74, 6) is -0.148. The van der Waals surface area contributed by atoms with E-state index in [1.807, 2.05) is 0 Å². The number of likely N-dealkylation sites (N-methyl/N-ethyl adjacent to an activating group) is 1. The second-order valence-corrected chi connectivity index (χ2v) is 3.56. The summed E-state index contributed by atoms with van der Waals surface area (Å²) in [5, 5.41) is 12.0. The summed E-state index contributed by atoms with van der Waals surface area (Å²) in [4.78, 5) is 11.1. The molecule has 0 aromatic heterocycles. The van der Waals surface area contributed by atoms with Crippen LogP contribution in [0.5, 0.6) is 11.5 Å². The Hall–Kier alpha value is -1.75. The third-order valence-electron chi connectivity index (χ3n) is 2.51. The van der Waals surface area contributed by atoms with Crippen LogP contribution in [0, 0.1) is 0 Å². The lowest BCUT2D eigenvalue weighted by atomic mass is 9.99. The first-order valence-corrected chi connectivity index (χ1v) is 4.99. The Kier molecular flexibility index (Phi) is 2.96. The molecule has 1 aliphatic rings. The number of ether oxygens (including phenoxy) is 2. The van der Waals surface area contributed by atoms with Gasteiger partial charge in [-0.05, 0) is 24.7 Å². The van der Waals surface area contributed by atoms with Crippen LogP contribution < -0.4 is 14.8 Å². The van der Waals surface area contributed by atoms with E-state index in [1.165, 1.54) is 0 Å². The topological polar surface area (TPSA) is 67.8 Å². The highest BCUT2D eigenvalue weighted by Gasteiger charge is 2.22. The normalized spacial score (nSPS) is 14.8. The predicted molar refractivity (Wildman–Crippen MR) is 56.9 cm³/mol. The van der Waals surface area contributed by atoms with E-state index in [-0.39, 0.29) is 6.79 Å². The molecule has 0 aliphatic carbocycles. The van der Waals surface area contributed by atoms with Gasteiger partial charge >= 0.3 is 5.97 Å². The Morgan fingerprint density at radius 3 is 2.94 bits per heavy atom. The highest BCUT2D eigenvalue weighted by molar-refractivity contribution is 5.76. The second-order valence-electron chi connectivity index (χ2n) is 3.56. The third-order valence-corrected chi connectivity index (χ3v) is 2.51. The van der Waals surface area contributed by atoms with Gasteiger partial charge in [0.15, 0.2) is 11.5 Å². The van der Waals surface area contributed by atoms with Crippen LogP contribution >= 0.6 is 0 Å². The maximum Gasteiger partial charge on any atom is 0.312 e. The first-order valence-electron chi connectivity index (χ1n) is 4.99. The molecule has 86 valence electrons. The van der Waals surface area contributed by atoms with Crippen molar-refractivity contribution in [2.24, 2.45) is 0 Å². The molecule has 1 unspecified atom stereocenters. The van der Waals surface area contributed by atoms with Crippen molar-refractivity contribution < 1.29 is 19.4 Å². The van der Waals surface area contributed by atoms with E-state index in [0.717, 1.165) is 0 Å². The number of hydrogen-bond acceptors (Lipinski definition) is 4. The van der Waals surface area contributed by atoms with Crippen LogP contribution in [0.4, 0.5) is 0 Å². The van der Waals surface area contributed by atoms with Crippen LogP contribution in [0.25, 0.3) is 0 Å². The van der Waals surface area contributed by atoms with Crippen LogP contribution in [0.2, 0.25) is 0 Å². The Labute approximate surface area is 93.0 Å². The molecule has 1 aliphatic heterocycles. The summed E-state index contributed by atoms with van der Waals surface area (Å²) in [5.41, 5.74) is 0.714. The van der Waals surface area contributed by atoms with Crippen molar-refractivity contribution in [2.75, 3.05) is 20.4 Å². The fraction of sp³-hybridized carbons (Fsp3) is 0.364. The summed E-state index contributed by atoms with van der Waals surface area (Å²) >= 11 is 0. The lowest BCUT2D eigenvalue weighted by Crippen LogP contribution is -2.23. The standard InChI is InChI=1S/C11H13NO4/c1-12-5-8(11(13)14)7-2-3-9-10(4-7)16-6-15-9/h2-4,8,12H,5-6H2,1H3,(H,13,14). The van der Waals surface area contributed by atoms with Crippen molar-refractivity contribution in [3.63, 3.8) is 0 Å². The number of carbonyl (C=O) groups is 1. The number of benzene rings is 1. The molecule has 1 aromatic rings. The average molecular weight is 223 g/mol. The van der Waals surface area contributed by atoms with Gasteiger partial charge in [0.05, 0.1) is 5.92 Å². The number of hydrogen-bond donors (Lipinski definition) is 2. The molecular weight excluding hydrogens is 210 g/mol. The minimum Gasteiger partial charge on any atom is -0.481 e. The van der Waals surface area contributed by atoms with Crippen molar-refractivity contribution in [1.82, 2.24) is 5.32 Å². The molecule has 1 atom stereocenters. The first-order chi connectivity index (χ1) is 7.72. The molecule has 5 heteroatoms. The van der Waals surface area contributed by atoms with Gasteiger partial charge in [-0.1, -0.05) is 6.07 Å². The second kappa shape index (κ2) is 4.40. The molecule has 2 N–H and O–H groups in total. The summed E-state index contributed by atoms with van der Waals surface area (Å²) in [6, 6.07) is 5.21. The van der Waals surface area contributed by atoms with Crippen LogP contribution in [-0.2, 0) is 4.79 Å². The monoisotopic (exact) mass is 223 g/mol. The summed E-state index contributed by atoms with van der Waals surface area (Å²) in [6.07, 6.45) is 0. The highest BCUT2D eigenvalue weighted by Crippen LogP contribution is 2.34. The number of carboxylic acid groups (broad SMARTS) is 1. The minimum atomic E-state index is -0.854. The van der Waals surface area contributed by atoms with E-state index in [1.54, 1.807) is 25.2 Å². The van der Waals surface area contributed by atoms with Gasteiger partial charge in [-0.2, -0.15) is 0 Å². The number of aliphatic carboxylic acids is 1. The minimum absolute atomic E-state index is 0.197. The van der Waals surface area contributed by atoms with Crippen molar-refractivity contribution >= 4 is 5.97 Å². The predicted octanol–water partition coefficient (Wildman–Crippen LogP) is 0.803. The van der Waals surface area contributed by atoms with E-state index in [2.05, 4.69) is 5.32 Å². The van der Waals surface area contributed by atoms with Crippen molar-refractivity contribution in [2.45, 2.75) is 5.92 Å². The smallest absolute Gasteiger partial charge is 0.312 e. The largest absolute Gasteiger partial charge is 0.481 e. The lowest BCUT2D eigenvalue weighted by molar-refractivity contribution is -0.138. The Morgan fingerprint density at radius 2 is 2.25 bits per heavy atom. The van der Waals surface area contributed by atoms with Crippen LogP contribution in [0.15, 0.2) is 18.2 Å². The van der Waals surface area contributed by atoms with Gasteiger partial charge in [0.1, 0.15) is 0 Å². The number of rotatable bonds is 4. The molecule has 2 rings (SSSR count). The maximum atomic E-state index is 11.1. The van der Waals surface area contributed by atoms with Crippen LogP contribution in [-0.4, -0.2) is 31.5 Å². The third kappa shape index (κ3) is 1.94. The molecule has 0 saturated carbocycles. The zero-order valence-electron chi connectivity index (χ0n) is 8.90. The Morgan fingerprint density at radius 1 is 1.50 bits per heavy atom. The fourth-order valence-corrected chi connectivity index (χ4v) is 1.68. The van der Waals surface area contributed by atoms with Gasteiger partial charge < -0.3 is 19.9 Å². The number of fused-ring (bicyclic) bond motifs is 1.